The number of primary amides is 1. The summed E-state index contributed by atoms with van der Waals surface area (Å²) in [6.07, 6.45) is 5.52. The second kappa shape index (κ2) is 49.5. The van der Waals surface area contributed by atoms with Crippen LogP contribution < -0.4 is 97.8 Å². The predicted octanol–water partition coefficient (Wildman–Crippen LogP) is -5.47. The lowest BCUT2D eigenvalue weighted by Gasteiger charge is -2.30. The largest absolute Gasteiger partial charge is 0.481 e. The molecule has 2 aromatic heterocycles. The second-order valence-corrected chi connectivity index (χ2v) is 28.5. The van der Waals surface area contributed by atoms with Crippen molar-refractivity contribution in [3.63, 3.8) is 0 Å². The van der Waals surface area contributed by atoms with Gasteiger partial charge in [-0.15, -0.1) is 0 Å². The van der Waals surface area contributed by atoms with Gasteiger partial charge in [0.1, 0.15) is 78.5 Å². The van der Waals surface area contributed by atoms with Gasteiger partial charge in [0.05, 0.1) is 18.7 Å². The lowest BCUT2D eigenvalue weighted by atomic mass is 9.96. The van der Waals surface area contributed by atoms with Crippen molar-refractivity contribution in [2.45, 2.75) is 244 Å². The van der Waals surface area contributed by atoms with Crippen molar-refractivity contribution in [1.82, 2.24) is 89.1 Å². The summed E-state index contributed by atoms with van der Waals surface area (Å²) in [5.41, 5.74) is 28.7. The number of H-pyrrole nitrogens is 2. The maximum atomic E-state index is 14.6. The van der Waals surface area contributed by atoms with E-state index in [-0.39, 0.29) is 82.1 Å². The molecule has 0 bridgehead atoms. The van der Waals surface area contributed by atoms with Gasteiger partial charge in [-0.05, 0) is 122 Å². The van der Waals surface area contributed by atoms with Crippen LogP contribution in [0.4, 0.5) is 0 Å². The molecule has 616 valence electrons. The van der Waals surface area contributed by atoms with Crippen LogP contribution in [0.2, 0.25) is 0 Å². The predicted molar refractivity (Wildman–Crippen MR) is 403 cm³/mol. The maximum Gasteiger partial charge on any atom is 0.326 e. The average Bonchev–Trinajstić information content (AvgIpc) is 1.10. The van der Waals surface area contributed by atoms with Crippen molar-refractivity contribution in [1.29, 1.82) is 0 Å². The molecule has 0 saturated heterocycles. The van der Waals surface area contributed by atoms with Crippen LogP contribution in [0.25, 0.3) is 0 Å². The first-order valence-corrected chi connectivity index (χ1v) is 37.7. The number of hydrogen-bond donors (Lipinski definition) is 22. The third-order valence-electron chi connectivity index (χ3n) is 17.2. The molecule has 2 rings (SSSR count). The van der Waals surface area contributed by atoms with Crippen LogP contribution in [0.15, 0.2) is 30.0 Å². The van der Waals surface area contributed by atoms with Crippen molar-refractivity contribution >= 4 is 112 Å². The number of thioether (sulfide) groups is 1. The molecule has 14 amide bonds. The fourth-order valence-electron chi connectivity index (χ4n) is 10.6. The van der Waals surface area contributed by atoms with E-state index in [0.29, 0.717) is 24.2 Å². The van der Waals surface area contributed by atoms with Crippen molar-refractivity contribution in [3.8, 4) is 0 Å². The van der Waals surface area contributed by atoms with Crippen molar-refractivity contribution < 1.29 is 86.9 Å². The van der Waals surface area contributed by atoms with E-state index in [4.69, 9.17) is 28.7 Å². The number of carboxylic acid groups (broad SMARTS) is 2. The van der Waals surface area contributed by atoms with E-state index in [1.165, 1.54) is 64.5 Å². The van der Waals surface area contributed by atoms with Gasteiger partial charge < -0.3 is 118 Å². The van der Waals surface area contributed by atoms with E-state index in [2.05, 4.69) is 94.0 Å². The number of amides is 14. The number of carbonyl (C=O) groups is 16. The standard InChI is InChI=1S/C68H115N23O18S/c1-12-35(6)53(91-62(103)45(19-21-51(93)94)84-57(98)39(10)81-65(106)52(34(4)5)90-54(95)36(7)70)66(107)86-44(18-20-50(71)92)60(101)87-47(26-33(2)3)64(105)85-46(22-25-110-11)61(102)88-48(27-40-29-74-31-77-40)63(104)80-38(9)56(97)83-43(17-15-24-76-68(72)73)58(99)79-37(8)55(96)82-42(16-13-14-23-69)59(100)89-49(67(108)109)28-41-30-75-32-78-41/h29-39,42-49,52-53H,12-28,69-70H2,1-11H3,(H2,71,92)(H,74,77)(H,75,78)(H,79,99)(H,80,104)(H,81,106)(H,82,96)(H,83,97)(H,84,98)(H,85,105)(H,86,107)(H,87,101)(H,88,102)(H,89,100)(H,90,95)(H,91,103)(H,93,94)(H,108,109)(H4,72,73,76)/t35-,36-,37-,38-,39-,42-,43-,44-,45-,46-,47-,48-,49-,52-,53-/m0/s1. The van der Waals surface area contributed by atoms with Gasteiger partial charge in [-0.1, -0.05) is 48.0 Å². The van der Waals surface area contributed by atoms with Crippen molar-refractivity contribution in [3.05, 3.63) is 36.4 Å². The highest BCUT2D eigenvalue weighted by molar-refractivity contribution is 7.98. The highest BCUT2D eigenvalue weighted by Crippen LogP contribution is 2.15. The molecule has 2 aromatic rings. The minimum atomic E-state index is -1.63. The van der Waals surface area contributed by atoms with Crippen LogP contribution in [-0.4, -0.2) is 240 Å². The average molecular weight is 1570 g/mol. The second-order valence-electron chi connectivity index (χ2n) is 27.6. The van der Waals surface area contributed by atoms with E-state index in [0.717, 1.165) is 0 Å². The number of nitrogens with one attached hydrogen (secondary N) is 15. The fraction of sp³-hybridized carbons (Fsp3) is 0.662. The molecule has 0 aliphatic carbocycles. The molecule has 0 unspecified atom stereocenters. The molecule has 0 spiro atoms. The SMILES string of the molecule is CC[C@H](C)[C@H](NC(=O)[C@H](CCC(=O)O)NC(=O)[C@H](C)NC(=O)[C@@H](NC(=O)[C@H](C)N)C(C)C)C(=O)N[C@@H](CCC(N)=O)C(=O)N[C@@H](CC(C)C)C(=O)N[C@@H](CCSC)C(=O)N[C@@H](Cc1cnc[nH]1)C(=O)N[C@@H](C)C(=O)N[C@@H](CCCN=C(N)N)C(=O)N[C@@H](C)C(=O)N[C@@H](CCCCN)C(=O)N[C@@H](Cc1cnc[nH]1)C(=O)O. The number of aromatic amines is 2. The van der Waals surface area contributed by atoms with E-state index in [1.807, 2.05) is 0 Å². The summed E-state index contributed by atoms with van der Waals surface area (Å²) in [7, 11) is 0. The van der Waals surface area contributed by atoms with Crippen LogP contribution in [0, 0.1) is 17.8 Å². The number of rotatable bonds is 53. The lowest BCUT2D eigenvalue weighted by Crippen LogP contribution is -2.61. The monoisotopic (exact) mass is 1570 g/mol. The molecule has 15 atom stereocenters. The molecule has 0 aliphatic rings. The van der Waals surface area contributed by atoms with Crippen LogP contribution in [0.3, 0.4) is 0 Å². The first kappa shape index (κ1) is 95.6. The van der Waals surface area contributed by atoms with Gasteiger partial charge >= 0.3 is 11.9 Å². The molecule has 0 fully saturated rings. The highest BCUT2D eigenvalue weighted by Gasteiger charge is 2.38. The Morgan fingerprint density at radius 3 is 1.29 bits per heavy atom. The number of hydrogen-bond acceptors (Lipinski definition) is 22. The first-order valence-electron chi connectivity index (χ1n) is 36.4. The van der Waals surface area contributed by atoms with Crippen LogP contribution in [-0.2, 0) is 89.6 Å². The number of guanidine groups is 1. The van der Waals surface area contributed by atoms with E-state index in [1.54, 1.807) is 47.8 Å². The van der Waals surface area contributed by atoms with Gasteiger partial charge in [0, 0.05) is 56.0 Å². The van der Waals surface area contributed by atoms with Crippen LogP contribution in [0.5, 0.6) is 0 Å². The number of nitrogens with zero attached hydrogens (tertiary/aromatic N) is 3. The van der Waals surface area contributed by atoms with E-state index < -0.39 is 217 Å². The lowest BCUT2D eigenvalue weighted by molar-refractivity contribution is -0.142. The zero-order valence-corrected chi connectivity index (χ0v) is 65.0. The molecule has 27 N–H and O–H groups in total. The number of nitrogens with two attached hydrogens (primary N) is 5. The third kappa shape index (κ3) is 35.7. The molecule has 42 heteroatoms. The molecule has 110 heavy (non-hydrogen) atoms. The summed E-state index contributed by atoms with van der Waals surface area (Å²) in [5.74, 6) is -16.8. The molecule has 0 aromatic carbocycles. The smallest absolute Gasteiger partial charge is 0.326 e. The third-order valence-corrected chi connectivity index (χ3v) is 17.9. The van der Waals surface area contributed by atoms with E-state index in [9.17, 15) is 86.9 Å². The zero-order chi connectivity index (χ0) is 83.1. The normalized spacial score (nSPS) is 15.3. The number of carboxylic acids is 2. The number of aliphatic carboxylic acids is 2. The van der Waals surface area contributed by atoms with Crippen LogP contribution >= 0.6 is 11.8 Å². The quantitative estimate of drug-likeness (QED) is 0.0167. The Balaban J connectivity index is 2.45. The Hall–Kier alpha value is -10.5. The highest BCUT2D eigenvalue weighted by atomic mass is 32.2. The topological polar surface area (TPSA) is 670 Å². The van der Waals surface area contributed by atoms with Gasteiger partial charge in [-0.25, -0.2) is 14.8 Å². The van der Waals surface area contributed by atoms with E-state index >= 15 is 0 Å². The molecule has 0 aliphatic heterocycles. The minimum absolute atomic E-state index is 0.00662. The molecule has 0 saturated carbocycles. The Kier molecular flexibility index (Phi) is 43.0. The summed E-state index contributed by atoms with van der Waals surface area (Å²) in [4.78, 5) is 235. The minimum Gasteiger partial charge on any atom is -0.481 e. The molecular formula is C68H115N23O18S. The van der Waals surface area contributed by atoms with Crippen molar-refractivity contribution in [2.75, 3.05) is 25.1 Å². The number of aromatic nitrogens is 4. The summed E-state index contributed by atoms with van der Waals surface area (Å²) in [6.45, 7) is 15.5. The molecule has 2 heterocycles. The molecule has 41 nitrogen and oxygen atoms in total. The molecular weight excluding hydrogens is 1460 g/mol. The maximum absolute atomic E-state index is 14.6. The first-order chi connectivity index (χ1) is 51.7. The van der Waals surface area contributed by atoms with Gasteiger partial charge in [0.2, 0.25) is 82.7 Å². The zero-order valence-electron chi connectivity index (χ0n) is 64.2. The Morgan fingerprint density at radius 1 is 0.464 bits per heavy atom. The summed E-state index contributed by atoms with van der Waals surface area (Å²) in [5, 5.41) is 52.6. The fourth-order valence-corrected chi connectivity index (χ4v) is 11.1. The number of carbonyl (C=O) groups excluding carboxylic acids is 14. The number of imidazole rings is 2. The van der Waals surface area contributed by atoms with Gasteiger partial charge in [-0.3, -0.25) is 76.9 Å². The van der Waals surface area contributed by atoms with Crippen LogP contribution in [0.1, 0.15) is 158 Å². The Morgan fingerprint density at radius 2 is 0.855 bits per heavy atom. The van der Waals surface area contributed by atoms with Gasteiger partial charge in [0.25, 0.3) is 0 Å². The van der Waals surface area contributed by atoms with Crippen molar-refractivity contribution in [2.24, 2.45) is 51.4 Å². The Labute approximate surface area is 642 Å². The number of unbranched alkanes of at least 4 members (excludes halogenated alkanes) is 1. The summed E-state index contributed by atoms with van der Waals surface area (Å²) >= 11 is 1.30. The number of aliphatic imine (C=N–C) groups is 1. The Bertz CT molecular complexity index is 3410. The van der Waals surface area contributed by atoms with Gasteiger partial charge in [-0.2, -0.15) is 11.8 Å². The summed E-state index contributed by atoms with van der Waals surface area (Å²) < 4.78 is 0. The summed E-state index contributed by atoms with van der Waals surface area (Å²) in [6, 6.07) is -19.5. The van der Waals surface area contributed by atoms with Gasteiger partial charge in [0.15, 0.2) is 5.96 Å². The molecule has 0 radical (unpaired) electrons.